The summed E-state index contributed by atoms with van der Waals surface area (Å²) in [5, 5.41) is 3.64. The fraction of sp³-hybridized carbons (Fsp3) is 0.750. The number of hydrogen-bond acceptors (Lipinski definition) is 4. The molecule has 0 radical (unpaired) electrons. The SMILES string of the molecule is CCN(CC)C(=O)Nc1nc(C)c(CN2CCC(C)CC2)s1. The molecule has 1 fully saturated rings. The second-order valence-electron chi connectivity index (χ2n) is 6.09. The van der Waals surface area contributed by atoms with Gasteiger partial charge in [0.15, 0.2) is 5.13 Å². The lowest BCUT2D eigenvalue weighted by Crippen LogP contribution is -2.34. The molecule has 0 aromatic carbocycles. The van der Waals surface area contributed by atoms with E-state index in [9.17, 15) is 4.79 Å². The van der Waals surface area contributed by atoms with Gasteiger partial charge in [-0.2, -0.15) is 0 Å². The summed E-state index contributed by atoms with van der Waals surface area (Å²) in [6.07, 6.45) is 2.56. The van der Waals surface area contributed by atoms with Crippen molar-refractivity contribution < 1.29 is 4.79 Å². The summed E-state index contributed by atoms with van der Waals surface area (Å²) < 4.78 is 0. The summed E-state index contributed by atoms with van der Waals surface area (Å²) in [6, 6.07) is -0.0582. The predicted octanol–water partition coefficient (Wildman–Crippen LogP) is 3.56. The van der Waals surface area contributed by atoms with E-state index in [1.54, 1.807) is 16.2 Å². The molecule has 2 heterocycles. The maximum absolute atomic E-state index is 12.1. The van der Waals surface area contributed by atoms with Crippen molar-refractivity contribution in [1.82, 2.24) is 14.8 Å². The molecule has 0 atom stereocenters. The molecule has 1 aromatic heterocycles. The van der Waals surface area contributed by atoms with Gasteiger partial charge < -0.3 is 4.90 Å². The van der Waals surface area contributed by atoms with Crippen LogP contribution in [0.2, 0.25) is 0 Å². The van der Waals surface area contributed by atoms with Crippen molar-refractivity contribution in [3.05, 3.63) is 10.6 Å². The van der Waals surface area contributed by atoms with Crippen LogP contribution in [0.25, 0.3) is 0 Å². The van der Waals surface area contributed by atoms with E-state index in [1.807, 2.05) is 20.8 Å². The largest absolute Gasteiger partial charge is 0.325 e. The van der Waals surface area contributed by atoms with Gasteiger partial charge in [-0.1, -0.05) is 6.92 Å². The molecule has 22 heavy (non-hydrogen) atoms. The average molecular weight is 324 g/mol. The van der Waals surface area contributed by atoms with E-state index in [-0.39, 0.29) is 6.03 Å². The van der Waals surface area contributed by atoms with Gasteiger partial charge in [-0.15, -0.1) is 11.3 Å². The van der Waals surface area contributed by atoms with Gasteiger partial charge in [0.2, 0.25) is 0 Å². The number of thiazole rings is 1. The standard InChI is InChI=1S/C16H28N4OS/c1-5-20(6-2)16(21)18-15-17-13(4)14(22-15)11-19-9-7-12(3)8-10-19/h12H,5-11H2,1-4H3,(H,17,18,21). The number of aryl methyl sites for hydroxylation is 1. The quantitative estimate of drug-likeness (QED) is 0.901. The zero-order valence-electron chi connectivity index (χ0n) is 14.2. The van der Waals surface area contributed by atoms with E-state index < -0.39 is 0 Å². The van der Waals surface area contributed by atoms with Gasteiger partial charge >= 0.3 is 6.03 Å². The molecule has 1 N–H and O–H groups in total. The fourth-order valence-electron chi connectivity index (χ4n) is 2.73. The highest BCUT2D eigenvalue weighted by molar-refractivity contribution is 7.15. The molecule has 124 valence electrons. The predicted molar refractivity (Wildman–Crippen MR) is 92.5 cm³/mol. The first-order chi connectivity index (χ1) is 10.5. The lowest BCUT2D eigenvalue weighted by Gasteiger charge is -2.29. The van der Waals surface area contributed by atoms with Crippen LogP contribution in [-0.2, 0) is 6.54 Å². The van der Waals surface area contributed by atoms with Crippen molar-refractivity contribution >= 4 is 22.5 Å². The number of amides is 2. The summed E-state index contributed by atoms with van der Waals surface area (Å²) in [5.74, 6) is 0.850. The Balaban J connectivity index is 1.94. The number of nitrogens with one attached hydrogen (secondary N) is 1. The number of urea groups is 1. The molecule has 0 spiro atoms. The molecule has 1 saturated heterocycles. The molecule has 2 rings (SSSR count). The molecule has 2 amide bonds. The Bertz CT molecular complexity index is 490. The summed E-state index contributed by atoms with van der Waals surface area (Å²) in [6.45, 7) is 13.0. The smallest absolute Gasteiger partial charge is 0.323 e. The van der Waals surface area contributed by atoms with Gasteiger partial charge in [-0.25, -0.2) is 9.78 Å². The fourth-order valence-corrected chi connectivity index (χ4v) is 3.73. The maximum Gasteiger partial charge on any atom is 0.323 e. The highest BCUT2D eigenvalue weighted by Crippen LogP contribution is 2.26. The minimum Gasteiger partial charge on any atom is -0.325 e. The Labute approximate surface area is 137 Å². The van der Waals surface area contributed by atoms with Gasteiger partial charge in [0, 0.05) is 24.5 Å². The number of likely N-dealkylation sites (tertiary alicyclic amines) is 1. The van der Waals surface area contributed by atoms with Crippen LogP contribution in [0.1, 0.15) is 44.2 Å². The number of piperidine rings is 1. The molecule has 1 aliphatic rings. The van der Waals surface area contributed by atoms with Crippen LogP contribution in [0.3, 0.4) is 0 Å². The van der Waals surface area contributed by atoms with E-state index in [2.05, 4.69) is 22.1 Å². The highest BCUT2D eigenvalue weighted by Gasteiger charge is 2.19. The first kappa shape index (κ1) is 17.2. The minimum absolute atomic E-state index is 0.0582. The van der Waals surface area contributed by atoms with E-state index in [1.165, 1.54) is 30.8 Å². The van der Waals surface area contributed by atoms with Crippen molar-refractivity contribution in [2.75, 3.05) is 31.5 Å². The molecular weight excluding hydrogens is 296 g/mol. The van der Waals surface area contributed by atoms with Crippen LogP contribution >= 0.6 is 11.3 Å². The normalized spacial score (nSPS) is 16.7. The maximum atomic E-state index is 12.1. The van der Waals surface area contributed by atoms with E-state index in [4.69, 9.17) is 0 Å². The second-order valence-corrected chi connectivity index (χ2v) is 7.17. The number of anilines is 1. The molecule has 0 unspecified atom stereocenters. The molecule has 0 aliphatic carbocycles. The van der Waals surface area contributed by atoms with Gasteiger partial charge in [0.05, 0.1) is 5.69 Å². The Morgan fingerprint density at radius 2 is 2.00 bits per heavy atom. The molecule has 1 aromatic rings. The van der Waals surface area contributed by atoms with Crippen LogP contribution in [0.4, 0.5) is 9.93 Å². The molecular formula is C16H28N4OS. The van der Waals surface area contributed by atoms with Crippen LogP contribution < -0.4 is 5.32 Å². The lowest BCUT2D eigenvalue weighted by molar-refractivity contribution is 0.186. The summed E-state index contributed by atoms with van der Waals surface area (Å²) in [4.78, 5) is 22.1. The van der Waals surface area contributed by atoms with Crippen molar-refractivity contribution in [3.8, 4) is 0 Å². The number of carbonyl (C=O) groups excluding carboxylic acids is 1. The van der Waals surface area contributed by atoms with Gasteiger partial charge in [-0.05, 0) is 52.6 Å². The average Bonchev–Trinajstić information content (AvgIpc) is 2.82. The number of aromatic nitrogens is 1. The zero-order valence-corrected chi connectivity index (χ0v) is 15.0. The van der Waals surface area contributed by atoms with Crippen molar-refractivity contribution in [2.24, 2.45) is 5.92 Å². The topological polar surface area (TPSA) is 48.5 Å². The number of nitrogens with zero attached hydrogens (tertiary/aromatic N) is 3. The Morgan fingerprint density at radius 1 is 1.36 bits per heavy atom. The Hall–Kier alpha value is -1.14. The number of hydrogen-bond donors (Lipinski definition) is 1. The first-order valence-corrected chi connectivity index (χ1v) is 9.09. The number of carbonyl (C=O) groups is 1. The Morgan fingerprint density at radius 3 is 2.59 bits per heavy atom. The third-order valence-electron chi connectivity index (χ3n) is 4.40. The van der Waals surface area contributed by atoms with Crippen LogP contribution in [0.5, 0.6) is 0 Å². The monoisotopic (exact) mass is 324 g/mol. The summed E-state index contributed by atoms with van der Waals surface area (Å²) in [5.41, 5.74) is 1.04. The van der Waals surface area contributed by atoms with Gasteiger partial charge in [0.25, 0.3) is 0 Å². The van der Waals surface area contributed by atoms with Crippen molar-refractivity contribution in [3.63, 3.8) is 0 Å². The molecule has 1 aliphatic heterocycles. The van der Waals surface area contributed by atoms with E-state index in [0.717, 1.165) is 23.3 Å². The van der Waals surface area contributed by atoms with Gasteiger partial charge in [-0.3, -0.25) is 10.2 Å². The first-order valence-electron chi connectivity index (χ1n) is 8.28. The van der Waals surface area contributed by atoms with Crippen molar-refractivity contribution in [2.45, 2.75) is 47.1 Å². The van der Waals surface area contributed by atoms with Crippen LogP contribution in [0.15, 0.2) is 0 Å². The minimum atomic E-state index is -0.0582. The Kier molecular flexibility index (Phi) is 6.20. The molecule has 6 heteroatoms. The lowest BCUT2D eigenvalue weighted by atomic mass is 9.99. The van der Waals surface area contributed by atoms with Crippen molar-refractivity contribution in [1.29, 1.82) is 0 Å². The molecule has 0 bridgehead atoms. The highest BCUT2D eigenvalue weighted by atomic mass is 32.1. The zero-order chi connectivity index (χ0) is 16.1. The third-order valence-corrected chi connectivity index (χ3v) is 5.46. The summed E-state index contributed by atoms with van der Waals surface area (Å²) >= 11 is 1.61. The molecule has 5 nitrogen and oxygen atoms in total. The second kappa shape index (κ2) is 7.92. The summed E-state index contributed by atoms with van der Waals surface area (Å²) in [7, 11) is 0. The van der Waals surface area contributed by atoms with Gasteiger partial charge in [0.1, 0.15) is 0 Å². The van der Waals surface area contributed by atoms with Crippen LogP contribution in [-0.4, -0.2) is 47.0 Å². The number of rotatable bonds is 5. The van der Waals surface area contributed by atoms with Crippen LogP contribution in [0, 0.1) is 12.8 Å². The van der Waals surface area contributed by atoms with E-state index in [0.29, 0.717) is 13.1 Å². The van der Waals surface area contributed by atoms with E-state index >= 15 is 0 Å². The molecule has 0 saturated carbocycles. The third kappa shape index (κ3) is 4.43.